The van der Waals surface area contributed by atoms with Crippen LogP contribution in [0, 0.1) is 0 Å². The van der Waals surface area contributed by atoms with Crippen molar-refractivity contribution in [1.82, 2.24) is 0 Å². The standard InChI is InChI=1S/C19H29N/c1-8-10-13-19(14-11-12-15(3)4)18(7)20-17(6)16(5)9-2/h9-10,13-14H,3,7-8,11-12H2,1-2,4-6H3/b13-10-,16-9-,19-14+,20-17-. The van der Waals surface area contributed by atoms with E-state index in [4.69, 9.17) is 0 Å². The molecular formula is C19H29N. The predicted molar refractivity (Wildman–Crippen MR) is 93.2 cm³/mol. The topological polar surface area (TPSA) is 12.4 Å². The van der Waals surface area contributed by atoms with Crippen LogP contribution in [0.4, 0.5) is 0 Å². The number of hydrogen-bond donors (Lipinski definition) is 0. The maximum absolute atomic E-state index is 4.61. The third kappa shape index (κ3) is 7.73. The smallest absolute Gasteiger partial charge is 0.0630 e. The summed E-state index contributed by atoms with van der Waals surface area (Å²) >= 11 is 0. The van der Waals surface area contributed by atoms with Gasteiger partial charge < -0.3 is 0 Å². The molecule has 0 saturated carbocycles. The van der Waals surface area contributed by atoms with Crippen molar-refractivity contribution in [2.24, 2.45) is 4.99 Å². The Bertz CT molecular complexity index is 456. The summed E-state index contributed by atoms with van der Waals surface area (Å²) in [5, 5.41) is 0. The largest absolute Gasteiger partial charge is 0.254 e. The van der Waals surface area contributed by atoms with E-state index in [1.165, 1.54) is 11.1 Å². The summed E-state index contributed by atoms with van der Waals surface area (Å²) in [5.41, 5.74) is 5.35. The van der Waals surface area contributed by atoms with Crippen LogP contribution in [0.1, 0.15) is 53.9 Å². The second kappa shape index (κ2) is 10.2. The van der Waals surface area contributed by atoms with Gasteiger partial charge in [-0.05, 0) is 58.1 Å². The van der Waals surface area contributed by atoms with E-state index in [9.17, 15) is 0 Å². The maximum Gasteiger partial charge on any atom is 0.0630 e. The zero-order valence-corrected chi connectivity index (χ0v) is 13.8. The van der Waals surface area contributed by atoms with Crippen molar-refractivity contribution in [1.29, 1.82) is 0 Å². The van der Waals surface area contributed by atoms with Crippen LogP contribution < -0.4 is 0 Å². The molecule has 0 aliphatic carbocycles. The lowest BCUT2D eigenvalue weighted by molar-refractivity contribution is 0.976. The highest BCUT2D eigenvalue weighted by molar-refractivity contribution is 5.98. The van der Waals surface area contributed by atoms with Crippen LogP contribution in [0.25, 0.3) is 0 Å². The van der Waals surface area contributed by atoms with Crippen LogP contribution in [0.2, 0.25) is 0 Å². The molecule has 0 aliphatic rings. The molecule has 0 radical (unpaired) electrons. The predicted octanol–water partition coefficient (Wildman–Crippen LogP) is 6.18. The van der Waals surface area contributed by atoms with Crippen LogP contribution in [-0.2, 0) is 0 Å². The fraction of sp³-hybridized carbons (Fsp3) is 0.421. The van der Waals surface area contributed by atoms with Gasteiger partial charge in [-0.15, -0.1) is 6.58 Å². The van der Waals surface area contributed by atoms with Gasteiger partial charge in [0.25, 0.3) is 0 Å². The average Bonchev–Trinajstić information content (AvgIpc) is 2.40. The highest BCUT2D eigenvalue weighted by Gasteiger charge is 2.00. The van der Waals surface area contributed by atoms with Gasteiger partial charge in [0.1, 0.15) is 0 Å². The molecule has 0 heterocycles. The van der Waals surface area contributed by atoms with Gasteiger partial charge in [-0.2, -0.15) is 0 Å². The van der Waals surface area contributed by atoms with Crippen LogP contribution in [0.5, 0.6) is 0 Å². The molecular weight excluding hydrogens is 242 g/mol. The minimum Gasteiger partial charge on any atom is -0.254 e. The molecule has 20 heavy (non-hydrogen) atoms. The molecule has 0 aromatic rings. The quantitative estimate of drug-likeness (QED) is 0.284. The Morgan fingerprint density at radius 3 is 2.30 bits per heavy atom. The van der Waals surface area contributed by atoms with Crippen LogP contribution >= 0.6 is 0 Å². The molecule has 0 N–H and O–H groups in total. The lowest BCUT2D eigenvalue weighted by Crippen LogP contribution is -1.95. The van der Waals surface area contributed by atoms with Gasteiger partial charge in [0, 0.05) is 5.71 Å². The van der Waals surface area contributed by atoms with Crippen molar-refractivity contribution < 1.29 is 0 Å². The molecule has 0 saturated heterocycles. The number of aliphatic imine (C=N–C) groups is 1. The Kier molecular flexibility index (Phi) is 9.36. The van der Waals surface area contributed by atoms with Gasteiger partial charge in [-0.1, -0.05) is 43.4 Å². The molecule has 0 aromatic carbocycles. The first-order chi connectivity index (χ1) is 9.42. The Labute approximate surface area is 125 Å². The van der Waals surface area contributed by atoms with E-state index in [-0.39, 0.29) is 0 Å². The zero-order chi connectivity index (χ0) is 15.5. The molecule has 0 unspecified atom stereocenters. The number of nitrogens with zero attached hydrogens (tertiary/aromatic N) is 1. The molecule has 0 aliphatic heterocycles. The summed E-state index contributed by atoms with van der Waals surface area (Å²) in [7, 11) is 0. The minimum absolute atomic E-state index is 0.829. The molecule has 1 nitrogen and oxygen atoms in total. The van der Waals surface area contributed by atoms with Crippen LogP contribution in [0.15, 0.2) is 64.9 Å². The first-order valence-corrected chi connectivity index (χ1v) is 7.31. The first kappa shape index (κ1) is 18.4. The molecule has 0 fully saturated rings. The van der Waals surface area contributed by atoms with Crippen molar-refractivity contribution >= 4 is 5.71 Å². The monoisotopic (exact) mass is 271 g/mol. The second-order valence-electron chi connectivity index (χ2n) is 5.08. The van der Waals surface area contributed by atoms with Crippen molar-refractivity contribution in [2.75, 3.05) is 0 Å². The van der Waals surface area contributed by atoms with Gasteiger partial charge in [0.15, 0.2) is 0 Å². The van der Waals surface area contributed by atoms with Gasteiger partial charge in [0.2, 0.25) is 0 Å². The second-order valence-corrected chi connectivity index (χ2v) is 5.08. The summed E-state index contributed by atoms with van der Waals surface area (Å²) < 4.78 is 0. The first-order valence-electron chi connectivity index (χ1n) is 7.31. The van der Waals surface area contributed by atoms with Crippen LogP contribution in [0.3, 0.4) is 0 Å². The summed E-state index contributed by atoms with van der Waals surface area (Å²) in [5.74, 6) is 0. The lowest BCUT2D eigenvalue weighted by atomic mass is 10.1. The third-order valence-electron chi connectivity index (χ3n) is 3.11. The minimum atomic E-state index is 0.829. The summed E-state index contributed by atoms with van der Waals surface area (Å²) in [4.78, 5) is 4.61. The molecule has 1 heteroatoms. The van der Waals surface area contributed by atoms with Crippen LogP contribution in [-0.4, -0.2) is 5.71 Å². The van der Waals surface area contributed by atoms with E-state index in [1.807, 2.05) is 13.8 Å². The van der Waals surface area contributed by atoms with E-state index >= 15 is 0 Å². The maximum atomic E-state index is 4.61. The van der Waals surface area contributed by atoms with Crippen molar-refractivity contribution in [3.8, 4) is 0 Å². The zero-order valence-electron chi connectivity index (χ0n) is 13.8. The van der Waals surface area contributed by atoms with E-state index in [1.54, 1.807) is 0 Å². The van der Waals surface area contributed by atoms with Crippen molar-refractivity contribution in [2.45, 2.75) is 53.9 Å². The fourth-order valence-corrected chi connectivity index (χ4v) is 1.56. The Morgan fingerprint density at radius 2 is 1.80 bits per heavy atom. The normalized spacial score (nSPS) is 13.9. The van der Waals surface area contributed by atoms with Crippen molar-refractivity contribution in [3.05, 3.63) is 59.9 Å². The number of rotatable bonds is 8. The highest BCUT2D eigenvalue weighted by atomic mass is 14.8. The number of hydrogen-bond acceptors (Lipinski definition) is 1. The van der Waals surface area contributed by atoms with Gasteiger partial charge in [0.05, 0.1) is 5.70 Å². The number of allylic oxidation sites excluding steroid dienone is 6. The van der Waals surface area contributed by atoms with Gasteiger partial charge in [-0.25, -0.2) is 0 Å². The Morgan fingerprint density at radius 1 is 1.15 bits per heavy atom. The van der Waals surface area contributed by atoms with Gasteiger partial charge in [-0.3, -0.25) is 4.99 Å². The molecule has 0 atom stereocenters. The third-order valence-corrected chi connectivity index (χ3v) is 3.11. The Balaban J connectivity index is 5.08. The highest BCUT2D eigenvalue weighted by Crippen LogP contribution is 2.16. The van der Waals surface area contributed by atoms with E-state index in [0.717, 1.165) is 36.2 Å². The molecule has 0 aromatic heterocycles. The lowest BCUT2D eigenvalue weighted by Gasteiger charge is -2.06. The molecule has 0 bridgehead atoms. The summed E-state index contributed by atoms with van der Waals surface area (Å²) in [6.45, 7) is 18.3. The van der Waals surface area contributed by atoms with Crippen molar-refractivity contribution in [3.63, 3.8) is 0 Å². The molecule has 0 amide bonds. The van der Waals surface area contributed by atoms with Gasteiger partial charge >= 0.3 is 0 Å². The van der Waals surface area contributed by atoms with E-state index < -0.39 is 0 Å². The van der Waals surface area contributed by atoms with E-state index in [2.05, 4.69) is 63.2 Å². The summed E-state index contributed by atoms with van der Waals surface area (Å²) in [6.07, 6.45) is 11.5. The molecule has 110 valence electrons. The molecule has 0 spiro atoms. The fourth-order valence-electron chi connectivity index (χ4n) is 1.56. The average molecular weight is 271 g/mol. The van der Waals surface area contributed by atoms with E-state index in [0.29, 0.717) is 0 Å². The SMILES string of the molecule is C=C(C)CC/C=C(\C=C/CC)C(=C)/N=C(C)\C(C)=C/C. The molecule has 0 rings (SSSR count). The Hall–Kier alpha value is -1.63. The summed E-state index contributed by atoms with van der Waals surface area (Å²) in [6, 6.07) is 0.